The zero-order chi connectivity index (χ0) is 24.9. The van der Waals surface area contributed by atoms with Crippen molar-refractivity contribution < 1.29 is 0 Å². The van der Waals surface area contributed by atoms with Crippen LogP contribution in [0.25, 0.3) is 0 Å². The van der Waals surface area contributed by atoms with E-state index in [0.29, 0.717) is 0 Å². The molecule has 7 heteroatoms. The van der Waals surface area contributed by atoms with Gasteiger partial charge in [0.15, 0.2) is 0 Å². The van der Waals surface area contributed by atoms with Gasteiger partial charge in [0.2, 0.25) is 0 Å². The van der Waals surface area contributed by atoms with Crippen molar-refractivity contribution in [1.29, 1.82) is 0 Å². The molecule has 0 atom stereocenters. The fourth-order valence-corrected chi connectivity index (χ4v) is 4.35. The van der Waals surface area contributed by atoms with Crippen LogP contribution >= 0.6 is 0 Å². The second-order valence-electron chi connectivity index (χ2n) is 12.4. The van der Waals surface area contributed by atoms with Crippen LogP contribution in [-0.4, -0.2) is 35.6 Å². The van der Waals surface area contributed by atoms with Crippen molar-refractivity contribution in [3.8, 4) is 0 Å². The minimum absolute atomic E-state index is 0.0782. The molecule has 0 unspecified atom stereocenters. The molecule has 1 aromatic carbocycles. The number of benzene rings is 1. The first kappa shape index (κ1) is 24.1. The molecule has 0 saturated carbocycles. The molecule has 0 saturated heterocycles. The Morgan fingerprint density at radius 2 is 0.824 bits per heavy atom. The summed E-state index contributed by atoms with van der Waals surface area (Å²) in [6.45, 7) is 17.8. The van der Waals surface area contributed by atoms with Gasteiger partial charge in [0.25, 0.3) is 0 Å². The van der Waals surface area contributed by atoms with Crippen LogP contribution in [0.4, 0.5) is 0 Å². The zero-order valence-corrected chi connectivity index (χ0v) is 22.1. The highest BCUT2D eigenvalue weighted by atomic mass is 15.5. The summed E-state index contributed by atoms with van der Waals surface area (Å²) in [6, 6.07) is 16.8. The van der Waals surface area contributed by atoms with Gasteiger partial charge in [-0.3, -0.25) is 0 Å². The molecule has 4 aromatic rings. The molecule has 6 nitrogen and oxygen atoms in total. The molecule has 0 aliphatic heterocycles. The van der Waals surface area contributed by atoms with Crippen molar-refractivity contribution in [1.82, 2.24) is 29.1 Å². The van der Waals surface area contributed by atoms with Crippen LogP contribution in [0.1, 0.15) is 79.4 Å². The molecule has 0 radical (unpaired) electrons. The third kappa shape index (κ3) is 4.12. The molecule has 34 heavy (non-hydrogen) atoms. The van der Waals surface area contributed by atoms with E-state index in [0.717, 1.165) is 22.5 Å². The standard InChI is InChI=1S/C27H38BN6/c1-25(2,3)22-15-18-32(29-22)28(21-13-11-10-12-14-21,33-19-16-23(30-33)26(4,5)6)34-20-17-24(31-34)27(7,8)9/h10-20H,1-9H3/q-1. The normalized spacial score (nSPS) is 13.4. The van der Waals surface area contributed by atoms with Gasteiger partial charge in [-0.1, -0.05) is 92.6 Å². The van der Waals surface area contributed by atoms with E-state index in [-0.39, 0.29) is 16.2 Å². The van der Waals surface area contributed by atoms with E-state index in [1.54, 1.807) is 0 Å². The van der Waals surface area contributed by atoms with Crippen LogP contribution in [0.3, 0.4) is 0 Å². The SMILES string of the molecule is CC(C)(C)c1ccn([B-](c2ccccc2)(n2ccc(C(C)(C)C)n2)n2ccc(C(C)(C)C)n2)n1. The Labute approximate surface area is 204 Å². The lowest BCUT2D eigenvalue weighted by atomic mass is 9.53. The highest BCUT2D eigenvalue weighted by Crippen LogP contribution is 2.26. The first-order valence-electron chi connectivity index (χ1n) is 12.1. The lowest BCUT2D eigenvalue weighted by molar-refractivity contribution is 0.548. The minimum atomic E-state index is -1.90. The first-order valence-corrected chi connectivity index (χ1v) is 12.1. The molecule has 0 spiro atoms. The van der Waals surface area contributed by atoms with Gasteiger partial charge in [-0.2, -0.15) is 0 Å². The van der Waals surface area contributed by atoms with Gasteiger partial charge in [-0.25, -0.2) is 15.3 Å². The highest BCUT2D eigenvalue weighted by molar-refractivity contribution is 6.87. The summed E-state index contributed by atoms with van der Waals surface area (Å²) in [5, 5.41) is 15.4. The lowest BCUT2D eigenvalue weighted by Gasteiger charge is -2.43. The Hall–Kier alpha value is -3.09. The van der Waals surface area contributed by atoms with E-state index in [2.05, 4.69) is 137 Å². The Kier molecular flexibility index (Phi) is 5.66. The molecule has 0 amide bonds. The number of hydrogen-bond acceptors (Lipinski definition) is 3. The fraction of sp³-hybridized carbons (Fsp3) is 0.444. The van der Waals surface area contributed by atoms with Crippen LogP contribution in [0, 0.1) is 0 Å². The summed E-state index contributed by atoms with van der Waals surface area (Å²) in [7, 11) is 0. The molecule has 0 N–H and O–H groups in total. The van der Waals surface area contributed by atoms with Crippen molar-refractivity contribution in [2.45, 2.75) is 78.6 Å². The van der Waals surface area contributed by atoms with Crippen LogP contribution in [0.5, 0.6) is 0 Å². The summed E-state index contributed by atoms with van der Waals surface area (Å²) >= 11 is 0. The maximum absolute atomic E-state index is 5.15. The molecule has 0 fully saturated rings. The zero-order valence-electron chi connectivity index (χ0n) is 22.1. The molecule has 0 aliphatic rings. The third-order valence-electron chi connectivity index (χ3n) is 6.48. The number of aromatic nitrogens is 6. The summed E-state index contributed by atoms with van der Waals surface area (Å²) in [4.78, 5) is 0. The Morgan fingerprint density at radius 1 is 0.500 bits per heavy atom. The van der Waals surface area contributed by atoms with Crippen molar-refractivity contribution in [3.63, 3.8) is 0 Å². The minimum Gasteiger partial charge on any atom is -0.396 e. The second kappa shape index (κ2) is 8.00. The predicted molar refractivity (Wildman–Crippen MR) is 141 cm³/mol. The molecule has 4 rings (SSSR count). The Bertz CT molecular complexity index is 1130. The largest absolute Gasteiger partial charge is 0.396 e. The molecule has 3 heterocycles. The van der Waals surface area contributed by atoms with E-state index in [1.807, 2.05) is 6.07 Å². The molecular formula is C27H38BN6-. The monoisotopic (exact) mass is 457 g/mol. The number of nitrogens with zero attached hydrogens (tertiary/aromatic N) is 6. The smallest absolute Gasteiger partial charge is 0.369 e. The molecule has 180 valence electrons. The van der Waals surface area contributed by atoms with Gasteiger partial charge < -0.3 is 13.8 Å². The Balaban J connectivity index is 2.09. The van der Waals surface area contributed by atoms with Gasteiger partial charge in [-0.15, -0.1) is 5.46 Å². The van der Waals surface area contributed by atoms with Crippen molar-refractivity contribution in [2.75, 3.05) is 0 Å². The highest BCUT2D eigenvalue weighted by Gasteiger charge is 2.39. The van der Waals surface area contributed by atoms with Gasteiger partial charge >= 0.3 is 6.55 Å². The summed E-state index contributed by atoms with van der Waals surface area (Å²) in [5.74, 6) is 0. The molecule has 0 aliphatic carbocycles. The van der Waals surface area contributed by atoms with Crippen molar-refractivity contribution >= 4 is 12.0 Å². The van der Waals surface area contributed by atoms with E-state index in [9.17, 15) is 0 Å². The van der Waals surface area contributed by atoms with Gasteiger partial charge in [0, 0.05) is 16.2 Å². The van der Waals surface area contributed by atoms with Crippen molar-refractivity contribution in [3.05, 3.63) is 84.2 Å². The van der Waals surface area contributed by atoms with Crippen LogP contribution < -0.4 is 5.46 Å². The molecule has 0 bridgehead atoms. The maximum Gasteiger partial charge on any atom is 0.369 e. The van der Waals surface area contributed by atoms with E-state index >= 15 is 0 Å². The van der Waals surface area contributed by atoms with Crippen LogP contribution in [-0.2, 0) is 16.2 Å². The van der Waals surface area contributed by atoms with Crippen LogP contribution in [0.2, 0.25) is 0 Å². The predicted octanol–water partition coefficient (Wildman–Crippen LogP) is 4.96. The number of rotatable bonds is 4. The van der Waals surface area contributed by atoms with Crippen molar-refractivity contribution in [2.24, 2.45) is 0 Å². The fourth-order valence-electron chi connectivity index (χ4n) is 4.35. The average Bonchev–Trinajstić information content (AvgIpc) is 3.49. The van der Waals surface area contributed by atoms with Gasteiger partial charge in [0.1, 0.15) is 0 Å². The van der Waals surface area contributed by atoms with E-state index < -0.39 is 6.55 Å². The van der Waals surface area contributed by atoms with Crippen LogP contribution in [0.15, 0.2) is 67.1 Å². The molecular weight excluding hydrogens is 419 g/mol. The second-order valence-corrected chi connectivity index (χ2v) is 12.4. The molecule has 3 aromatic heterocycles. The quantitative estimate of drug-likeness (QED) is 0.407. The first-order chi connectivity index (χ1) is 15.7. The van der Waals surface area contributed by atoms with E-state index in [4.69, 9.17) is 15.3 Å². The average molecular weight is 457 g/mol. The van der Waals surface area contributed by atoms with E-state index in [1.165, 1.54) is 0 Å². The maximum atomic E-state index is 5.15. The topological polar surface area (TPSA) is 53.5 Å². The van der Waals surface area contributed by atoms with Gasteiger partial charge in [-0.05, 0) is 36.8 Å². The summed E-state index contributed by atoms with van der Waals surface area (Å²) in [6.07, 6.45) is 6.22. The third-order valence-corrected chi connectivity index (χ3v) is 6.48. The summed E-state index contributed by atoms with van der Waals surface area (Å²) < 4.78 is 6.19. The lowest BCUT2D eigenvalue weighted by Crippen LogP contribution is -2.68. The Morgan fingerprint density at radius 3 is 1.09 bits per heavy atom. The van der Waals surface area contributed by atoms with Gasteiger partial charge in [0.05, 0.1) is 17.1 Å². The number of hydrogen-bond donors (Lipinski definition) is 0. The summed E-state index contributed by atoms with van der Waals surface area (Å²) in [5.41, 5.74) is 3.93.